The van der Waals surface area contributed by atoms with Gasteiger partial charge in [-0.15, -0.1) is 11.3 Å². The summed E-state index contributed by atoms with van der Waals surface area (Å²) in [6, 6.07) is 11.8. The van der Waals surface area contributed by atoms with Gasteiger partial charge in [-0.05, 0) is 79.6 Å². The average molecular weight is 492 g/mol. The van der Waals surface area contributed by atoms with E-state index in [1.54, 1.807) is 12.3 Å². The van der Waals surface area contributed by atoms with E-state index < -0.39 is 11.7 Å². The Morgan fingerprint density at radius 3 is 2.66 bits per heavy atom. The lowest BCUT2D eigenvalue weighted by Gasteiger charge is -2.19. The van der Waals surface area contributed by atoms with E-state index in [0.29, 0.717) is 17.1 Å². The maximum Gasteiger partial charge on any atom is 0.416 e. The van der Waals surface area contributed by atoms with Gasteiger partial charge in [0.2, 0.25) is 0 Å². The molecule has 5 nitrogen and oxygen atoms in total. The van der Waals surface area contributed by atoms with Gasteiger partial charge in [0.1, 0.15) is 16.6 Å². The number of halogens is 3. The summed E-state index contributed by atoms with van der Waals surface area (Å²) in [6.45, 7) is 1.89. The maximum atomic E-state index is 13.1. The first-order valence-corrected chi connectivity index (χ1v) is 11.9. The predicted molar refractivity (Wildman–Crippen MR) is 129 cm³/mol. The van der Waals surface area contributed by atoms with Crippen LogP contribution < -0.4 is 5.32 Å². The lowest BCUT2D eigenvalue weighted by atomic mass is 9.86. The summed E-state index contributed by atoms with van der Waals surface area (Å²) in [7, 11) is 0. The van der Waals surface area contributed by atoms with Gasteiger partial charge < -0.3 is 5.32 Å². The number of hydrogen-bond acceptors (Lipinski definition) is 6. The summed E-state index contributed by atoms with van der Waals surface area (Å²) in [5.41, 5.74) is 4.74. The topological polar surface area (TPSA) is 74.5 Å². The van der Waals surface area contributed by atoms with E-state index in [1.807, 2.05) is 25.1 Å². The van der Waals surface area contributed by atoms with Crippen molar-refractivity contribution in [1.82, 2.24) is 15.0 Å². The van der Waals surface area contributed by atoms with Crippen LogP contribution in [-0.2, 0) is 19.0 Å². The van der Waals surface area contributed by atoms with Gasteiger partial charge in [-0.25, -0.2) is 15.0 Å². The van der Waals surface area contributed by atoms with Crippen molar-refractivity contribution in [3.8, 4) is 27.2 Å². The third-order valence-electron chi connectivity index (χ3n) is 5.94. The van der Waals surface area contributed by atoms with Gasteiger partial charge in [0.15, 0.2) is 0 Å². The number of benzene rings is 1. The van der Waals surface area contributed by atoms with Crippen molar-refractivity contribution in [3.63, 3.8) is 0 Å². The van der Waals surface area contributed by atoms with E-state index in [9.17, 15) is 18.4 Å². The highest BCUT2D eigenvalue weighted by Gasteiger charge is 2.30. The number of nitrogens with one attached hydrogen (secondary N) is 1. The summed E-state index contributed by atoms with van der Waals surface area (Å²) >= 11 is 1.45. The number of thiazole rings is 1. The summed E-state index contributed by atoms with van der Waals surface area (Å²) in [6.07, 6.45) is 2.56. The highest BCUT2D eigenvalue weighted by molar-refractivity contribution is 7.18. The van der Waals surface area contributed by atoms with Crippen molar-refractivity contribution in [3.05, 3.63) is 76.6 Å². The Morgan fingerprint density at radius 1 is 1.03 bits per heavy atom. The van der Waals surface area contributed by atoms with Gasteiger partial charge in [0.05, 0.1) is 27.8 Å². The summed E-state index contributed by atoms with van der Waals surface area (Å²) in [5, 5.41) is 13.4. The van der Waals surface area contributed by atoms with E-state index in [1.165, 1.54) is 22.5 Å². The van der Waals surface area contributed by atoms with Crippen LogP contribution in [0.5, 0.6) is 0 Å². The van der Waals surface area contributed by atoms with Gasteiger partial charge in [0.25, 0.3) is 0 Å². The second kappa shape index (κ2) is 9.12. The number of aryl methyl sites for hydroxylation is 2. The second-order valence-electron chi connectivity index (χ2n) is 8.44. The highest BCUT2D eigenvalue weighted by atomic mass is 32.1. The number of fused-ring (bicyclic) bond motifs is 1. The molecule has 0 unspecified atom stereocenters. The lowest BCUT2D eigenvalue weighted by Crippen LogP contribution is -2.06. The fourth-order valence-electron chi connectivity index (χ4n) is 4.34. The van der Waals surface area contributed by atoms with Crippen LogP contribution in [0.25, 0.3) is 21.1 Å². The second-order valence-corrected chi connectivity index (χ2v) is 9.47. The molecule has 0 saturated heterocycles. The molecule has 3 aromatic heterocycles. The van der Waals surface area contributed by atoms with E-state index in [0.717, 1.165) is 65.0 Å². The minimum Gasteiger partial charge on any atom is -0.325 e. The molecule has 1 N–H and O–H groups in total. The monoisotopic (exact) mass is 491 g/mol. The first-order valence-electron chi connectivity index (χ1n) is 11.1. The number of alkyl halides is 3. The number of nitriles is 1. The molecule has 176 valence electrons. The molecule has 1 aromatic carbocycles. The molecule has 0 aliphatic heterocycles. The summed E-state index contributed by atoms with van der Waals surface area (Å²) in [5.74, 6) is 0.444. The van der Waals surface area contributed by atoms with E-state index in [2.05, 4.69) is 26.3 Å². The molecule has 3 heterocycles. The predicted octanol–water partition coefficient (Wildman–Crippen LogP) is 7.09. The maximum absolute atomic E-state index is 13.1. The Balaban J connectivity index is 1.49. The van der Waals surface area contributed by atoms with Gasteiger partial charge in [0, 0.05) is 18.0 Å². The number of rotatable bonds is 4. The fourth-order valence-corrected chi connectivity index (χ4v) is 5.30. The fraction of sp³-hybridized carbons (Fsp3) is 0.231. The molecule has 0 spiro atoms. The van der Waals surface area contributed by atoms with Crippen molar-refractivity contribution in [1.29, 1.82) is 5.26 Å². The van der Waals surface area contributed by atoms with Crippen LogP contribution in [0.15, 0.2) is 48.8 Å². The average Bonchev–Trinajstić information content (AvgIpc) is 3.32. The number of hydrogen-bond donors (Lipinski definition) is 1. The SMILES string of the molecule is Cc1cc(Nc2cc(C(F)(F)F)ccn2)nc(-c2cnc(-c3c(C#N)ccc4c3CCCC4)s2)c1. The molecule has 0 amide bonds. The standard InChI is InChI=1S/C26H20F3N5S/c1-15-10-20(33-23(11-15)34-22-12-18(8-9-31-22)26(27,28)29)21-14-32-25(35-21)24-17(13-30)7-6-16-4-2-3-5-19(16)24/h6-12,14H,2-5H2,1H3,(H,31,33,34). The number of pyridine rings is 2. The molecular weight excluding hydrogens is 471 g/mol. The Labute approximate surface area is 204 Å². The number of aromatic nitrogens is 3. The normalized spacial score (nSPS) is 13.2. The Hall–Kier alpha value is -3.77. The van der Waals surface area contributed by atoms with Crippen molar-refractivity contribution in [2.24, 2.45) is 0 Å². The van der Waals surface area contributed by atoms with Gasteiger partial charge in [-0.2, -0.15) is 18.4 Å². The zero-order chi connectivity index (χ0) is 24.6. The van der Waals surface area contributed by atoms with E-state index >= 15 is 0 Å². The molecule has 1 aliphatic rings. The molecule has 0 radical (unpaired) electrons. The Kier molecular flexibility index (Phi) is 5.99. The molecule has 0 bridgehead atoms. The smallest absolute Gasteiger partial charge is 0.325 e. The van der Waals surface area contributed by atoms with Gasteiger partial charge in [-0.1, -0.05) is 6.07 Å². The van der Waals surface area contributed by atoms with Crippen LogP contribution in [0, 0.1) is 18.3 Å². The first-order chi connectivity index (χ1) is 16.8. The van der Waals surface area contributed by atoms with Crippen molar-refractivity contribution >= 4 is 23.0 Å². The quantitative estimate of drug-likeness (QED) is 0.330. The van der Waals surface area contributed by atoms with Crippen LogP contribution in [0.2, 0.25) is 0 Å². The third-order valence-corrected chi connectivity index (χ3v) is 6.98. The molecule has 9 heteroatoms. The summed E-state index contributed by atoms with van der Waals surface area (Å²) < 4.78 is 39.2. The van der Waals surface area contributed by atoms with Crippen molar-refractivity contribution in [2.45, 2.75) is 38.8 Å². The summed E-state index contributed by atoms with van der Waals surface area (Å²) in [4.78, 5) is 14.0. The van der Waals surface area contributed by atoms with Crippen LogP contribution in [0.1, 0.15) is 40.7 Å². The lowest BCUT2D eigenvalue weighted by molar-refractivity contribution is -0.137. The molecule has 0 atom stereocenters. The highest BCUT2D eigenvalue weighted by Crippen LogP contribution is 2.39. The van der Waals surface area contributed by atoms with E-state index in [-0.39, 0.29) is 5.82 Å². The third kappa shape index (κ3) is 4.75. The van der Waals surface area contributed by atoms with E-state index in [4.69, 9.17) is 0 Å². The Bertz CT molecular complexity index is 1450. The van der Waals surface area contributed by atoms with Crippen LogP contribution in [0.3, 0.4) is 0 Å². The largest absolute Gasteiger partial charge is 0.416 e. The molecule has 0 saturated carbocycles. The molecular formula is C26H20F3N5S. The number of anilines is 2. The Morgan fingerprint density at radius 2 is 1.86 bits per heavy atom. The zero-order valence-electron chi connectivity index (χ0n) is 18.8. The van der Waals surface area contributed by atoms with Crippen LogP contribution >= 0.6 is 11.3 Å². The zero-order valence-corrected chi connectivity index (χ0v) is 19.6. The first kappa shape index (κ1) is 23.0. The van der Waals surface area contributed by atoms with Gasteiger partial charge in [-0.3, -0.25) is 0 Å². The minimum atomic E-state index is -4.46. The molecule has 5 rings (SSSR count). The van der Waals surface area contributed by atoms with Crippen LogP contribution in [0.4, 0.5) is 24.8 Å². The molecule has 4 aromatic rings. The minimum absolute atomic E-state index is 0.0587. The molecule has 0 fully saturated rings. The number of nitrogens with zero attached hydrogens (tertiary/aromatic N) is 4. The molecule has 1 aliphatic carbocycles. The van der Waals surface area contributed by atoms with Crippen molar-refractivity contribution in [2.75, 3.05) is 5.32 Å². The van der Waals surface area contributed by atoms with Crippen molar-refractivity contribution < 1.29 is 13.2 Å². The van der Waals surface area contributed by atoms with Crippen LogP contribution in [-0.4, -0.2) is 15.0 Å². The molecule has 35 heavy (non-hydrogen) atoms. The van der Waals surface area contributed by atoms with Gasteiger partial charge >= 0.3 is 6.18 Å².